The van der Waals surface area contributed by atoms with Crippen LogP contribution in [-0.2, 0) is 6.42 Å². The van der Waals surface area contributed by atoms with Gasteiger partial charge in [0.05, 0.1) is 5.01 Å². The molecule has 6 nitrogen and oxygen atoms in total. The third-order valence-electron chi connectivity index (χ3n) is 2.94. The Morgan fingerprint density at radius 3 is 2.86 bits per heavy atom. The topological polar surface area (TPSA) is 84.1 Å². The Hall–Kier alpha value is -1.67. The number of nitrogen functional groups attached to an aromatic ring is 1. The van der Waals surface area contributed by atoms with Crippen LogP contribution in [0.1, 0.15) is 27.3 Å². The highest BCUT2D eigenvalue weighted by molar-refractivity contribution is 7.18. The molecule has 0 aliphatic heterocycles. The van der Waals surface area contributed by atoms with E-state index >= 15 is 0 Å². The number of thiazole rings is 2. The van der Waals surface area contributed by atoms with Gasteiger partial charge in [-0.3, -0.25) is 4.79 Å². The molecule has 0 radical (unpaired) electrons. The monoisotopic (exact) mass is 325 g/mol. The van der Waals surface area contributed by atoms with Crippen LogP contribution in [0, 0.1) is 6.92 Å². The zero-order chi connectivity index (χ0) is 15.4. The van der Waals surface area contributed by atoms with E-state index in [4.69, 9.17) is 5.73 Å². The second kappa shape index (κ2) is 6.86. The maximum atomic E-state index is 12.1. The lowest BCUT2D eigenvalue weighted by Crippen LogP contribution is -2.25. The zero-order valence-corrected chi connectivity index (χ0v) is 14.0. The van der Waals surface area contributed by atoms with Crippen molar-refractivity contribution < 1.29 is 4.79 Å². The summed E-state index contributed by atoms with van der Waals surface area (Å²) in [6, 6.07) is 0. The highest BCUT2D eigenvalue weighted by Crippen LogP contribution is 2.27. The molecule has 0 spiro atoms. The Bertz CT molecular complexity index is 622. The number of amides is 1. The molecule has 2 aromatic rings. The molecule has 2 aromatic heterocycles. The molecular formula is C13H19N5OS2. The van der Waals surface area contributed by atoms with E-state index in [0.717, 1.165) is 28.8 Å². The Balaban J connectivity index is 1.92. The van der Waals surface area contributed by atoms with E-state index < -0.39 is 0 Å². The van der Waals surface area contributed by atoms with Crippen LogP contribution in [-0.4, -0.2) is 36.0 Å². The third-order valence-corrected chi connectivity index (χ3v) is 5.15. The first-order valence-electron chi connectivity index (χ1n) is 6.68. The third kappa shape index (κ3) is 3.92. The molecule has 8 heteroatoms. The first-order valence-corrected chi connectivity index (χ1v) is 8.37. The minimum absolute atomic E-state index is 0.172. The molecule has 0 aromatic carbocycles. The number of hydrogen-bond acceptors (Lipinski definition) is 7. The quantitative estimate of drug-likeness (QED) is 0.847. The average molecular weight is 325 g/mol. The number of anilines is 2. The van der Waals surface area contributed by atoms with Gasteiger partial charge >= 0.3 is 0 Å². The maximum Gasteiger partial charge on any atom is 0.265 e. The van der Waals surface area contributed by atoms with Gasteiger partial charge in [0.1, 0.15) is 10.7 Å². The second-order valence-electron chi connectivity index (χ2n) is 4.61. The smallest absolute Gasteiger partial charge is 0.265 e. The summed E-state index contributed by atoms with van der Waals surface area (Å²) < 4.78 is 0. The molecule has 114 valence electrons. The van der Waals surface area contributed by atoms with Crippen molar-refractivity contribution in [1.82, 2.24) is 15.3 Å². The number of rotatable bonds is 6. The van der Waals surface area contributed by atoms with Crippen molar-refractivity contribution in [1.29, 1.82) is 0 Å². The summed E-state index contributed by atoms with van der Waals surface area (Å²) >= 11 is 2.92. The van der Waals surface area contributed by atoms with Crippen molar-refractivity contribution in [3.8, 4) is 0 Å². The predicted molar refractivity (Wildman–Crippen MR) is 88.4 cm³/mol. The van der Waals surface area contributed by atoms with Gasteiger partial charge in [0.2, 0.25) is 0 Å². The van der Waals surface area contributed by atoms with E-state index in [1.54, 1.807) is 11.3 Å². The summed E-state index contributed by atoms with van der Waals surface area (Å²) in [6.45, 7) is 5.34. The molecule has 3 N–H and O–H groups in total. The molecule has 0 aliphatic carbocycles. The molecule has 2 rings (SSSR count). The van der Waals surface area contributed by atoms with Gasteiger partial charge in [-0.15, -0.1) is 11.3 Å². The van der Waals surface area contributed by atoms with Gasteiger partial charge in [-0.2, -0.15) is 0 Å². The summed E-state index contributed by atoms with van der Waals surface area (Å²) in [5, 5.41) is 6.66. The summed E-state index contributed by atoms with van der Waals surface area (Å²) in [5.41, 5.74) is 6.84. The van der Waals surface area contributed by atoms with Gasteiger partial charge in [-0.05, 0) is 13.8 Å². The minimum atomic E-state index is -0.172. The highest BCUT2D eigenvalue weighted by atomic mass is 32.1. The van der Waals surface area contributed by atoms with Crippen molar-refractivity contribution in [2.24, 2.45) is 0 Å². The molecule has 0 unspecified atom stereocenters. The highest BCUT2D eigenvalue weighted by Gasteiger charge is 2.17. The Morgan fingerprint density at radius 2 is 2.24 bits per heavy atom. The molecule has 0 atom stereocenters. The fraction of sp³-hybridized carbons (Fsp3) is 0.462. The lowest BCUT2D eigenvalue weighted by Gasteiger charge is -2.10. The van der Waals surface area contributed by atoms with E-state index in [9.17, 15) is 4.79 Å². The summed E-state index contributed by atoms with van der Waals surface area (Å²) in [5.74, 6) is 0.118. The number of nitrogens with two attached hydrogens (primary N) is 1. The van der Waals surface area contributed by atoms with Crippen molar-refractivity contribution in [2.45, 2.75) is 20.3 Å². The van der Waals surface area contributed by atoms with Crippen molar-refractivity contribution in [3.05, 3.63) is 21.0 Å². The SMILES string of the molecule is CCN(C)c1nc(N)c(C(=O)NCCc2nc(C)cs2)s1. The van der Waals surface area contributed by atoms with Gasteiger partial charge in [0.15, 0.2) is 5.13 Å². The number of carbonyl (C=O) groups is 1. The van der Waals surface area contributed by atoms with Crippen LogP contribution in [0.2, 0.25) is 0 Å². The summed E-state index contributed by atoms with van der Waals surface area (Å²) in [7, 11) is 1.92. The number of nitrogens with one attached hydrogen (secondary N) is 1. The van der Waals surface area contributed by atoms with Gasteiger partial charge in [0, 0.05) is 37.6 Å². The van der Waals surface area contributed by atoms with Crippen LogP contribution in [0.5, 0.6) is 0 Å². The van der Waals surface area contributed by atoms with E-state index in [2.05, 4.69) is 15.3 Å². The standard InChI is InChI=1S/C13H19N5OS2/c1-4-18(3)13-17-11(14)10(21-13)12(19)15-6-5-9-16-8(2)7-20-9/h7H,4-6,14H2,1-3H3,(H,15,19). The number of hydrogen-bond donors (Lipinski definition) is 2. The predicted octanol–water partition coefficient (Wildman–Crippen LogP) is 1.92. The van der Waals surface area contributed by atoms with Gasteiger partial charge < -0.3 is 16.0 Å². The molecular weight excluding hydrogens is 306 g/mol. The molecule has 0 saturated heterocycles. The molecule has 0 bridgehead atoms. The largest absolute Gasteiger partial charge is 0.382 e. The van der Waals surface area contributed by atoms with Gasteiger partial charge in [-0.1, -0.05) is 11.3 Å². The van der Waals surface area contributed by atoms with Crippen LogP contribution in [0.25, 0.3) is 0 Å². The lowest BCUT2D eigenvalue weighted by molar-refractivity contribution is 0.0959. The number of nitrogens with zero attached hydrogens (tertiary/aromatic N) is 3. The fourth-order valence-electron chi connectivity index (χ4n) is 1.66. The molecule has 0 fully saturated rings. The average Bonchev–Trinajstić information content (AvgIpc) is 3.04. The number of aromatic nitrogens is 2. The van der Waals surface area contributed by atoms with Crippen molar-refractivity contribution >= 4 is 39.5 Å². The summed E-state index contributed by atoms with van der Waals surface area (Å²) in [6.07, 6.45) is 0.727. The van der Waals surface area contributed by atoms with Crippen LogP contribution in [0.15, 0.2) is 5.38 Å². The number of carbonyl (C=O) groups excluding carboxylic acids is 1. The van der Waals surface area contributed by atoms with Gasteiger partial charge in [-0.25, -0.2) is 9.97 Å². The molecule has 0 saturated carbocycles. The molecule has 21 heavy (non-hydrogen) atoms. The van der Waals surface area contributed by atoms with E-state index in [1.165, 1.54) is 11.3 Å². The zero-order valence-electron chi connectivity index (χ0n) is 12.3. The molecule has 2 heterocycles. The van der Waals surface area contributed by atoms with Crippen LogP contribution in [0.4, 0.5) is 10.9 Å². The van der Waals surface area contributed by atoms with Gasteiger partial charge in [0.25, 0.3) is 5.91 Å². The maximum absolute atomic E-state index is 12.1. The van der Waals surface area contributed by atoms with Crippen LogP contribution < -0.4 is 16.0 Å². The fourth-order valence-corrected chi connectivity index (χ4v) is 3.36. The van der Waals surface area contributed by atoms with Crippen LogP contribution in [0.3, 0.4) is 0 Å². The van der Waals surface area contributed by atoms with Crippen LogP contribution >= 0.6 is 22.7 Å². The molecule has 0 aliphatic rings. The first kappa shape index (κ1) is 15.7. The van der Waals surface area contributed by atoms with E-state index in [-0.39, 0.29) is 11.7 Å². The van der Waals surface area contributed by atoms with E-state index in [1.807, 2.05) is 31.2 Å². The second-order valence-corrected chi connectivity index (χ2v) is 6.53. The summed E-state index contributed by atoms with van der Waals surface area (Å²) in [4.78, 5) is 23.1. The van der Waals surface area contributed by atoms with E-state index in [0.29, 0.717) is 11.4 Å². The number of aryl methyl sites for hydroxylation is 1. The lowest BCUT2D eigenvalue weighted by atomic mass is 10.4. The van der Waals surface area contributed by atoms with Crippen molar-refractivity contribution in [3.63, 3.8) is 0 Å². The minimum Gasteiger partial charge on any atom is -0.382 e. The van der Waals surface area contributed by atoms with Crippen molar-refractivity contribution in [2.75, 3.05) is 30.8 Å². The molecule has 1 amide bonds. The first-order chi connectivity index (χ1) is 10.0. The Kier molecular flexibility index (Phi) is 5.13. The normalized spacial score (nSPS) is 10.6. The Morgan fingerprint density at radius 1 is 1.48 bits per heavy atom. The Labute approximate surface area is 132 Å².